The maximum Gasteiger partial charge on any atom is 0.335 e. The quantitative estimate of drug-likeness (QED) is 0.457. The Balaban J connectivity index is 2.71. The van der Waals surface area contributed by atoms with Crippen LogP contribution in [0.2, 0.25) is 0 Å². The van der Waals surface area contributed by atoms with Crippen molar-refractivity contribution in [1.82, 2.24) is 0 Å². The minimum atomic E-state index is -0.364. The summed E-state index contributed by atoms with van der Waals surface area (Å²) in [6.07, 6.45) is 5.68. The number of halogens is 1. The number of esters is 1. The SMILES string of the molecule is COC(=O)/C(=C/C1=CC=C(Br)B1)CN. The van der Waals surface area contributed by atoms with Gasteiger partial charge in [0.2, 0.25) is 7.28 Å². The molecule has 0 aliphatic carbocycles. The highest BCUT2D eigenvalue weighted by Gasteiger charge is 2.11. The first-order chi connectivity index (χ1) is 6.67. The number of nitrogens with two attached hydrogens (primary N) is 1. The molecule has 1 aliphatic rings. The van der Waals surface area contributed by atoms with Gasteiger partial charge in [0.05, 0.1) is 12.7 Å². The molecule has 0 bridgehead atoms. The Morgan fingerprint density at radius 2 is 2.43 bits per heavy atom. The molecule has 0 spiro atoms. The van der Waals surface area contributed by atoms with E-state index in [0.29, 0.717) is 5.57 Å². The first kappa shape index (κ1) is 11.3. The molecular weight excluding hydrogens is 245 g/mol. The summed E-state index contributed by atoms with van der Waals surface area (Å²) in [6, 6.07) is 0. The minimum absolute atomic E-state index is 0.196. The van der Waals surface area contributed by atoms with Crippen molar-refractivity contribution in [3.8, 4) is 0 Å². The van der Waals surface area contributed by atoms with Crippen molar-refractivity contribution in [3.05, 3.63) is 33.7 Å². The number of ether oxygens (including phenoxy) is 1. The van der Waals surface area contributed by atoms with Gasteiger partial charge in [-0.05, 0) is 4.38 Å². The number of carbonyl (C=O) groups excluding carboxylic acids is 1. The molecule has 0 fully saturated rings. The Labute approximate surface area is 92.1 Å². The molecule has 0 aromatic rings. The third-order valence-corrected chi connectivity index (χ3v) is 2.42. The molecule has 5 heteroatoms. The molecule has 74 valence electrons. The van der Waals surface area contributed by atoms with Crippen molar-refractivity contribution in [2.45, 2.75) is 0 Å². The predicted octanol–water partition coefficient (Wildman–Crippen LogP) is 0.615. The van der Waals surface area contributed by atoms with Gasteiger partial charge in [-0.15, -0.1) is 0 Å². The number of carbonyl (C=O) groups is 1. The molecule has 0 aromatic carbocycles. The van der Waals surface area contributed by atoms with Crippen molar-refractivity contribution in [3.63, 3.8) is 0 Å². The molecule has 3 nitrogen and oxygen atoms in total. The largest absolute Gasteiger partial charge is 0.466 e. The van der Waals surface area contributed by atoms with E-state index in [9.17, 15) is 4.79 Å². The summed E-state index contributed by atoms with van der Waals surface area (Å²) in [5, 5.41) is 0. The summed E-state index contributed by atoms with van der Waals surface area (Å²) in [5.74, 6) is -0.364. The fraction of sp³-hybridized carbons (Fsp3) is 0.222. The van der Waals surface area contributed by atoms with E-state index in [-0.39, 0.29) is 12.5 Å². The highest BCUT2D eigenvalue weighted by atomic mass is 79.9. The summed E-state index contributed by atoms with van der Waals surface area (Å²) in [6.45, 7) is 0.196. The van der Waals surface area contributed by atoms with Crippen molar-refractivity contribution >= 4 is 29.2 Å². The van der Waals surface area contributed by atoms with Gasteiger partial charge < -0.3 is 10.5 Å². The van der Waals surface area contributed by atoms with Crippen LogP contribution in [0, 0.1) is 0 Å². The van der Waals surface area contributed by atoms with E-state index in [4.69, 9.17) is 5.73 Å². The molecule has 2 N–H and O–H groups in total. The molecule has 1 aliphatic heterocycles. The van der Waals surface area contributed by atoms with E-state index in [1.54, 1.807) is 6.08 Å². The van der Waals surface area contributed by atoms with Crippen LogP contribution in [0.5, 0.6) is 0 Å². The fourth-order valence-corrected chi connectivity index (χ4v) is 1.62. The summed E-state index contributed by atoms with van der Waals surface area (Å²) in [5.41, 5.74) is 6.99. The number of rotatable bonds is 3. The van der Waals surface area contributed by atoms with E-state index in [1.165, 1.54) is 7.11 Å². The standard InChI is InChI=1S/C9H11BBrNO2/c1-14-9(13)6(5-12)4-7-2-3-8(11)10-7/h2-4,10H,5,12H2,1H3/b6-4+. The Morgan fingerprint density at radius 3 is 2.86 bits per heavy atom. The maximum absolute atomic E-state index is 11.2. The third kappa shape index (κ3) is 2.85. The molecule has 1 heterocycles. The molecule has 0 amide bonds. The average molecular weight is 256 g/mol. The van der Waals surface area contributed by atoms with Gasteiger partial charge in [-0.25, -0.2) is 4.79 Å². The van der Waals surface area contributed by atoms with Crippen LogP contribution in [0.25, 0.3) is 0 Å². The van der Waals surface area contributed by atoms with Gasteiger partial charge in [0, 0.05) is 6.54 Å². The summed E-state index contributed by atoms with van der Waals surface area (Å²) in [7, 11) is 2.16. The number of allylic oxidation sites excluding steroid dienone is 4. The lowest BCUT2D eigenvalue weighted by Gasteiger charge is -2.02. The number of methoxy groups -OCH3 is 1. The molecule has 0 saturated heterocycles. The zero-order valence-corrected chi connectivity index (χ0v) is 9.50. The Morgan fingerprint density at radius 1 is 1.71 bits per heavy atom. The van der Waals surface area contributed by atoms with E-state index in [1.807, 2.05) is 12.2 Å². The van der Waals surface area contributed by atoms with Crippen LogP contribution in [0.15, 0.2) is 33.7 Å². The Kier molecular flexibility index (Phi) is 4.16. The molecule has 0 radical (unpaired) electrons. The van der Waals surface area contributed by atoms with Gasteiger partial charge >= 0.3 is 5.97 Å². The van der Waals surface area contributed by atoms with Crippen LogP contribution in [-0.4, -0.2) is 26.9 Å². The molecular formula is C9H11BBrNO2. The Bertz CT molecular complexity index is 334. The van der Waals surface area contributed by atoms with E-state index < -0.39 is 0 Å². The molecule has 0 saturated carbocycles. The van der Waals surface area contributed by atoms with Gasteiger partial charge in [-0.2, -0.15) is 0 Å². The first-order valence-corrected chi connectivity index (χ1v) is 5.01. The molecule has 0 unspecified atom stereocenters. The van der Waals surface area contributed by atoms with E-state index in [2.05, 4.69) is 20.7 Å². The predicted molar refractivity (Wildman–Crippen MR) is 61.4 cm³/mol. The van der Waals surface area contributed by atoms with Gasteiger partial charge in [0.25, 0.3) is 0 Å². The number of hydrogen-bond donors (Lipinski definition) is 1. The lowest BCUT2D eigenvalue weighted by molar-refractivity contribution is -0.136. The van der Waals surface area contributed by atoms with Crippen LogP contribution in [0.1, 0.15) is 0 Å². The van der Waals surface area contributed by atoms with Crippen molar-refractivity contribution in [2.24, 2.45) is 5.73 Å². The molecule has 0 atom stereocenters. The normalized spacial score (nSPS) is 15.8. The zero-order chi connectivity index (χ0) is 10.6. The summed E-state index contributed by atoms with van der Waals surface area (Å²) >= 11 is 3.38. The maximum atomic E-state index is 11.2. The van der Waals surface area contributed by atoms with Crippen molar-refractivity contribution in [2.75, 3.05) is 13.7 Å². The number of hydrogen-bond acceptors (Lipinski definition) is 3. The lowest BCUT2D eigenvalue weighted by atomic mass is 9.72. The highest BCUT2D eigenvalue weighted by molar-refractivity contribution is 9.12. The second-order valence-corrected chi connectivity index (χ2v) is 3.92. The lowest BCUT2D eigenvalue weighted by Crippen LogP contribution is -2.14. The second kappa shape index (κ2) is 5.17. The smallest absolute Gasteiger partial charge is 0.335 e. The van der Waals surface area contributed by atoms with Crippen LogP contribution in [0.4, 0.5) is 0 Å². The van der Waals surface area contributed by atoms with Crippen LogP contribution in [0.3, 0.4) is 0 Å². The Hall–Kier alpha value is -0.805. The molecule has 0 aromatic heterocycles. The van der Waals surface area contributed by atoms with Crippen molar-refractivity contribution in [1.29, 1.82) is 0 Å². The second-order valence-electron chi connectivity index (χ2n) is 2.90. The van der Waals surface area contributed by atoms with Gasteiger partial charge in [-0.3, -0.25) is 0 Å². The fourth-order valence-electron chi connectivity index (χ4n) is 1.17. The van der Waals surface area contributed by atoms with Crippen LogP contribution < -0.4 is 5.73 Å². The van der Waals surface area contributed by atoms with Crippen LogP contribution >= 0.6 is 15.9 Å². The first-order valence-electron chi connectivity index (χ1n) is 4.21. The third-order valence-electron chi connectivity index (χ3n) is 1.88. The molecule has 1 rings (SSSR count). The summed E-state index contributed by atoms with van der Waals surface area (Å²) < 4.78 is 5.70. The van der Waals surface area contributed by atoms with Gasteiger partial charge in [-0.1, -0.05) is 39.6 Å². The van der Waals surface area contributed by atoms with Crippen LogP contribution in [-0.2, 0) is 9.53 Å². The topological polar surface area (TPSA) is 52.3 Å². The van der Waals surface area contributed by atoms with Gasteiger partial charge in [0.1, 0.15) is 0 Å². The summed E-state index contributed by atoms with van der Waals surface area (Å²) in [4.78, 5) is 11.2. The molecule has 14 heavy (non-hydrogen) atoms. The monoisotopic (exact) mass is 255 g/mol. The average Bonchev–Trinajstić information content (AvgIpc) is 2.59. The highest BCUT2D eigenvalue weighted by Crippen LogP contribution is 2.17. The zero-order valence-electron chi connectivity index (χ0n) is 7.92. The van der Waals surface area contributed by atoms with Crippen molar-refractivity contribution < 1.29 is 9.53 Å². The van der Waals surface area contributed by atoms with E-state index in [0.717, 1.165) is 17.1 Å². The minimum Gasteiger partial charge on any atom is -0.466 e. The van der Waals surface area contributed by atoms with E-state index >= 15 is 0 Å². The van der Waals surface area contributed by atoms with Gasteiger partial charge in [0.15, 0.2) is 0 Å².